The molecule has 0 amide bonds. The Morgan fingerprint density at radius 1 is 1.29 bits per heavy atom. The van der Waals surface area contributed by atoms with Crippen molar-refractivity contribution in [3.8, 4) is 17.7 Å². The van der Waals surface area contributed by atoms with Crippen molar-refractivity contribution >= 4 is 28.5 Å². The molecule has 12 nitrogen and oxygen atoms in total. The van der Waals surface area contributed by atoms with Crippen LogP contribution in [0.15, 0.2) is 36.8 Å². The fourth-order valence-corrected chi connectivity index (χ4v) is 3.78. The number of nitrogens with zero attached hydrogens (tertiary/aromatic N) is 8. The fraction of sp³-hybridized carbons (Fsp3) is 0.304. The molecule has 178 valence electrons. The van der Waals surface area contributed by atoms with Crippen LogP contribution in [0.2, 0.25) is 0 Å². The Labute approximate surface area is 200 Å². The average molecular weight is 473 g/mol. The van der Waals surface area contributed by atoms with Gasteiger partial charge in [0.1, 0.15) is 17.3 Å². The molecule has 5 rings (SSSR count). The van der Waals surface area contributed by atoms with E-state index in [0.717, 1.165) is 5.56 Å². The van der Waals surface area contributed by atoms with E-state index in [4.69, 9.17) is 14.7 Å². The van der Waals surface area contributed by atoms with Crippen molar-refractivity contribution < 1.29 is 14.6 Å². The van der Waals surface area contributed by atoms with E-state index < -0.39 is 0 Å². The third-order valence-corrected chi connectivity index (χ3v) is 5.62. The van der Waals surface area contributed by atoms with E-state index in [1.165, 1.54) is 6.20 Å². The summed E-state index contributed by atoms with van der Waals surface area (Å²) in [6, 6.07) is 9.11. The van der Waals surface area contributed by atoms with Crippen LogP contribution >= 0.6 is 0 Å². The average Bonchev–Trinajstić information content (AvgIpc) is 3.26. The molecule has 0 aliphatic carbocycles. The van der Waals surface area contributed by atoms with Crippen LogP contribution in [0.5, 0.6) is 11.6 Å². The summed E-state index contributed by atoms with van der Waals surface area (Å²) < 4.78 is 13.3. The number of imidazole rings is 1. The number of hydrogen-bond donors (Lipinski definition) is 2. The number of pyridine rings is 2. The molecule has 2 N–H and O–H groups in total. The second-order valence-corrected chi connectivity index (χ2v) is 8.11. The molecule has 0 aromatic carbocycles. The molecule has 1 atom stereocenters. The molecule has 0 spiro atoms. The lowest BCUT2D eigenvalue weighted by Crippen LogP contribution is -2.44. The van der Waals surface area contributed by atoms with Crippen LogP contribution < -0.4 is 15.0 Å². The van der Waals surface area contributed by atoms with Gasteiger partial charge in [-0.3, -0.25) is 0 Å². The van der Waals surface area contributed by atoms with Crippen molar-refractivity contribution in [2.75, 3.05) is 36.5 Å². The number of ether oxygens (including phenoxy) is 2. The van der Waals surface area contributed by atoms with Gasteiger partial charge < -0.3 is 29.4 Å². The number of morpholine rings is 1. The van der Waals surface area contributed by atoms with E-state index in [1.807, 2.05) is 37.1 Å². The lowest BCUT2D eigenvalue weighted by molar-refractivity contribution is 0.00332. The first kappa shape index (κ1) is 22.5. The van der Waals surface area contributed by atoms with Gasteiger partial charge >= 0.3 is 0 Å². The first-order valence-electron chi connectivity index (χ1n) is 11.0. The van der Waals surface area contributed by atoms with Gasteiger partial charge in [-0.05, 0) is 30.7 Å². The molecule has 1 saturated heterocycles. The third-order valence-electron chi connectivity index (χ3n) is 5.62. The number of aromatic nitrogens is 6. The van der Waals surface area contributed by atoms with Crippen molar-refractivity contribution in [1.29, 1.82) is 5.26 Å². The van der Waals surface area contributed by atoms with E-state index in [-0.39, 0.29) is 12.7 Å². The Hall–Kier alpha value is -4.34. The van der Waals surface area contributed by atoms with Gasteiger partial charge in [-0.25, -0.2) is 9.97 Å². The summed E-state index contributed by atoms with van der Waals surface area (Å²) >= 11 is 0. The summed E-state index contributed by atoms with van der Waals surface area (Å²) in [7, 11) is 1.85. The molecular formula is C23H23N9O3. The molecular weight excluding hydrogens is 450 g/mol. The fourth-order valence-electron chi connectivity index (χ4n) is 3.78. The Kier molecular flexibility index (Phi) is 6.09. The summed E-state index contributed by atoms with van der Waals surface area (Å²) in [5.74, 6) is 2.08. The molecule has 0 unspecified atom stereocenters. The highest BCUT2D eigenvalue weighted by atomic mass is 16.5. The molecule has 12 heteroatoms. The number of fused-ring (bicyclic) bond motifs is 1. The van der Waals surface area contributed by atoms with Crippen molar-refractivity contribution in [1.82, 2.24) is 29.7 Å². The summed E-state index contributed by atoms with van der Waals surface area (Å²) in [5.41, 5.74) is 3.01. The summed E-state index contributed by atoms with van der Waals surface area (Å²) in [6.45, 7) is 3.57. The van der Waals surface area contributed by atoms with Crippen LogP contribution in [-0.4, -0.2) is 67.2 Å². The highest BCUT2D eigenvalue weighted by molar-refractivity contribution is 5.88. The van der Waals surface area contributed by atoms with Crippen molar-refractivity contribution in [2.24, 2.45) is 7.05 Å². The van der Waals surface area contributed by atoms with Gasteiger partial charge in [-0.15, -0.1) is 10.2 Å². The number of hydrogen-bond acceptors (Lipinski definition) is 11. The van der Waals surface area contributed by atoms with E-state index in [1.54, 1.807) is 23.0 Å². The number of aryl methyl sites for hydroxylation is 2. The third kappa shape index (κ3) is 4.68. The SMILES string of the molecule is Cc1cc(C#N)ncc1Oc1cc(Nc2ccc(N3CCO[C@@H](CO)C3)nn2)c2ncn(C)c2n1. The van der Waals surface area contributed by atoms with Crippen LogP contribution in [0, 0.1) is 18.3 Å². The second kappa shape index (κ2) is 9.49. The van der Waals surface area contributed by atoms with Gasteiger partial charge in [0.25, 0.3) is 0 Å². The van der Waals surface area contributed by atoms with Crippen LogP contribution in [-0.2, 0) is 11.8 Å². The highest BCUT2D eigenvalue weighted by Gasteiger charge is 2.21. The zero-order chi connectivity index (χ0) is 24.4. The van der Waals surface area contributed by atoms with Gasteiger partial charge in [0.15, 0.2) is 23.0 Å². The molecule has 4 aromatic rings. The molecule has 35 heavy (non-hydrogen) atoms. The number of rotatable bonds is 6. The van der Waals surface area contributed by atoms with E-state index >= 15 is 0 Å². The molecule has 1 aliphatic heterocycles. The largest absolute Gasteiger partial charge is 0.437 e. The topological polar surface area (TPSA) is 147 Å². The number of nitrogens with one attached hydrogen (secondary N) is 1. The smallest absolute Gasteiger partial charge is 0.223 e. The predicted octanol–water partition coefficient (Wildman–Crippen LogP) is 2.07. The molecule has 1 fully saturated rings. The number of anilines is 3. The normalized spacial score (nSPS) is 15.7. The minimum Gasteiger partial charge on any atom is -0.437 e. The number of nitriles is 1. The maximum atomic E-state index is 9.37. The van der Waals surface area contributed by atoms with Gasteiger partial charge in [-0.2, -0.15) is 10.2 Å². The van der Waals surface area contributed by atoms with Crippen molar-refractivity contribution in [3.63, 3.8) is 0 Å². The molecule has 0 radical (unpaired) electrons. The summed E-state index contributed by atoms with van der Waals surface area (Å²) in [5, 5.41) is 30.3. The number of aliphatic hydroxyl groups excluding tert-OH is 1. The molecule has 5 heterocycles. The lowest BCUT2D eigenvalue weighted by atomic mass is 10.2. The lowest BCUT2D eigenvalue weighted by Gasteiger charge is -2.32. The van der Waals surface area contributed by atoms with Gasteiger partial charge in [0, 0.05) is 26.2 Å². The maximum absolute atomic E-state index is 9.37. The monoisotopic (exact) mass is 473 g/mol. The number of aliphatic hydroxyl groups is 1. The Morgan fingerprint density at radius 2 is 2.17 bits per heavy atom. The Bertz CT molecular complexity index is 1400. The molecule has 4 aromatic heterocycles. The molecule has 1 aliphatic rings. The van der Waals surface area contributed by atoms with Crippen LogP contribution in [0.3, 0.4) is 0 Å². The summed E-state index contributed by atoms with van der Waals surface area (Å²) in [4.78, 5) is 15.1. The Morgan fingerprint density at radius 3 is 2.91 bits per heavy atom. The standard InChI is InChI=1S/C23H23N9O3/c1-14-7-15(9-24)25-10-18(14)35-21-8-17(22-23(28-21)31(2)13-26-22)27-19-3-4-20(30-29-19)32-5-6-34-16(11-32)12-33/h3-4,7-8,10,13,16,33H,5-6,11-12H2,1-2H3,(H,27,28,29)/t16-/m1/s1. The maximum Gasteiger partial charge on any atom is 0.223 e. The zero-order valence-electron chi connectivity index (χ0n) is 19.2. The van der Waals surface area contributed by atoms with E-state index in [0.29, 0.717) is 65.5 Å². The second-order valence-electron chi connectivity index (χ2n) is 8.11. The van der Waals surface area contributed by atoms with Crippen LogP contribution in [0.1, 0.15) is 11.3 Å². The van der Waals surface area contributed by atoms with Crippen molar-refractivity contribution in [3.05, 3.63) is 48.0 Å². The molecule has 0 bridgehead atoms. The highest BCUT2D eigenvalue weighted by Crippen LogP contribution is 2.31. The van der Waals surface area contributed by atoms with Gasteiger partial charge in [0.2, 0.25) is 5.88 Å². The molecule has 0 saturated carbocycles. The van der Waals surface area contributed by atoms with Gasteiger partial charge in [-0.1, -0.05) is 0 Å². The first-order valence-corrected chi connectivity index (χ1v) is 11.0. The van der Waals surface area contributed by atoms with Crippen LogP contribution in [0.25, 0.3) is 11.2 Å². The first-order chi connectivity index (χ1) is 17.0. The quantitative estimate of drug-likeness (QED) is 0.424. The predicted molar refractivity (Wildman–Crippen MR) is 127 cm³/mol. The minimum absolute atomic E-state index is 0.0336. The van der Waals surface area contributed by atoms with E-state index in [9.17, 15) is 5.11 Å². The van der Waals surface area contributed by atoms with Crippen LogP contribution in [0.4, 0.5) is 17.3 Å². The van der Waals surface area contributed by atoms with Crippen molar-refractivity contribution in [2.45, 2.75) is 13.0 Å². The zero-order valence-corrected chi connectivity index (χ0v) is 19.2. The summed E-state index contributed by atoms with van der Waals surface area (Å²) in [6.07, 6.45) is 2.95. The Balaban J connectivity index is 1.40. The minimum atomic E-state index is -0.231. The van der Waals surface area contributed by atoms with Gasteiger partial charge in [0.05, 0.1) is 37.5 Å². The van der Waals surface area contributed by atoms with E-state index in [2.05, 4.69) is 30.5 Å².